The summed E-state index contributed by atoms with van der Waals surface area (Å²) in [6, 6.07) is 0. The minimum atomic E-state index is -3.64. The highest BCUT2D eigenvalue weighted by Gasteiger charge is 2.47. The molecular formula is C7H10F2O3. The molecule has 12 heavy (non-hydrogen) atoms. The maximum Gasteiger partial charge on any atom is 0.374 e. The highest BCUT2D eigenvalue weighted by atomic mass is 19.3. The third-order valence-electron chi connectivity index (χ3n) is 1.96. The van der Waals surface area contributed by atoms with Gasteiger partial charge in [-0.3, -0.25) is 0 Å². The fourth-order valence-electron chi connectivity index (χ4n) is 1.20. The molecule has 0 bridgehead atoms. The molecule has 1 N–H and O–H groups in total. The quantitative estimate of drug-likeness (QED) is 0.692. The molecule has 0 saturated carbocycles. The number of ether oxygens (including phenoxy) is 1. The molecule has 1 aliphatic rings. The van der Waals surface area contributed by atoms with Crippen molar-refractivity contribution in [3.05, 3.63) is 0 Å². The lowest BCUT2D eigenvalue weighted by Gasteiger charge is -2.26. The van der Waals surface area contributed by atoms with Gasteiger partial charge in [-0.25, -0.2) is 4.79 Å². The van der Waals surface area contributed by atoms with Crippen LogP contribution in [0, 0.1) is 5.92 Å². The van der Waals surface area contributed by atoms with Crippen molar-refractivity contribution in [1.29, 1.82) is 0 Å². The number of aliphatic carboxylic acids is 1. The number of halogens is 2. The number of carboxylic acids is 1. The number of alkyl halides is 2. The van der Waals surface area contributed by atoms with Gasteiger partial charge in [0.25, 0.3) is 0 Å². The molecule has 0 aromatic carbocycles. The molecule has 1 unspecified atom stereocenters. The minimum absolute atomic E-state index is 0.153. The summed E-state index contributed by atoms with van der Waals surface area (Å²) in [5.41, 5.74) is 0. The highest BCUT2D eigenvalue weighted by Crippen LogP contribution is 2.31. The predicted molar refractivity (Wildman–Crippen MR) is 36.1 cm³/mol. The molecule has 1 aliphatic heterocycles. The van der Waals surface area contributed by atoms with E-state index in [-0.39, 0.29) is 13.0 Å². The van der Waals surface area contributed by atoms with Crippen LogP contribution in [-0.4, -0.2) is 30.2 Å². The molecule has 0 radical (unpaired) electrons. The second-order valence-electron chi connectivity index (χ2n) is 2.84. The SMILES string of the molecule is O=C(O)C(F)(F)C1CCCOC1. The van der Waals surface area contributed by atoms with Gasteiger partial charge in [-0.15, -0.1) is 0 Å². The largest absolute Gasteiger partial charge is 0.477 e. The maximum absolute atomic E-state index is 12.8. The number of carboxylic acid groups (broad SMARTS) is 1. The Morgan fingerprint density at radius 1 is 1.58 bits per heavy atom. The van der Waals surface area contributed by atoms with Crippen molar-refractivity contribution in [2.75, 3.05) is 13.2 Å². The molecule has 1 atom stereocenters. The van der Waals surface area contributed by atoms with Crippen molar-refractivity contribution in [3.63, 3.8) is 0 Å². The molecule has 0 aliphatic carbocycles. The van der Waals surface area contributed by atoms with E-state index in [4.69, 9.17) is 9.84 Å². The van der Waals surface area contributed by atoms with Crippen LogP contribution in [0.5, 0.6) is 0 Å². The second kappa shape index (κ2) is 3.35. The van der Waals surface area contributed by atoms with Crippen molar-refractivity contribution in [3.8, 4) is 0 Å². The summed E-state index contributed by atoms with van der Waals surface area (Å²) >= 11 is 0. The smallest absolute Gasteiger partial charge is 0.374 e. The fourth-order valence-corrected chi connectivity index (χ4v) is 1.20. The summed E-state index contributed by atoms with van der Waals surface area (Å²) in [6.07, 6.45) is 0.729. The van der Waals surface area contributed by atoms with E-state index >= 15 is 0 Å². The monoisotopic (exact) mass is 180 g/mol. The zero-order chi connectivity index (χ0) is 9.19. The third kappa shape index (κ3) is 1.72. The van der Waals surface area contributed by atoms with Crippen LogP contribution in [0.2, 0.25) is 0 Å². The average Bonchev–Trinajstić information content (AvgIpc) is 2.06. The zero-order valence-electron chi connectivity index (χ0n) is 6.43. The summed E-state index contributed by atoms with van der Waals surface area (Å²) < 4.78 is 30.3. The van der Waals surface area contributed by atoms with Crippen molar-refractivity contribution in [2.45, 2.75) is 18.8 Å². The molecule has 3 nitrogen and oxygen atoms in total. The van der Waals surface area contributed by atoms with Crippen molar-refractivity contribution in [1.82, 2.24) is 0 Å². The van der Waals surface area contributed by atoms with Crippen LogP contribution >= 0.6 is 0 Å². The zero-order valence-corrected chi connectivity index (χ0v) is 6.43. The molecular weight excluding hydrogens is 170 g/mol. The van der Waals surface area contributed by atoms with Crippen LogP contribution in [0.1, 0.15) is 12.8 Å². The highest BCUT2D eigenvalue weighted by molar-refractivity contribution is 5.75. The van der Waals surface area contributed by atoms with E-state index < -0.39 is 17.8 Å². The topological polar surface area (TPSA) is 46.5 Å². The Balaban J connectivity index is 2.59. The van der Waals surface area contributed by atoms with Gasteiger partial charge in [0, 0.05) is 6.61 Å². The number of rotatable bonds is 2. The Kier molecular flexibility index (Phi) is 2.62. The van der Waals surface area contributed by atoms with Gasteiger partial charge < -0.3 is 9.84 Å². The van der Waals surface area contributed by atoms with Gasteiger partial charge in [-0.05, 0) is 12.8 Å². The second-order valence-corrected chi connectivity index (χ2v) is 2.84. The van der Waals surface area contributed by atoms with Crippen molar-refractivity contribution >= 4 is 5.97 Å². The molecule has 1 saturated heterocycles. The third-order valence-corrected chi connectivity index (χ3v) is 1.96. The molecule has 1 heterocycles. The Morgan fingerprint density at radius 3 is 2.67 bits per heavy atom. The number of hydrogen-bond acceptors (Lipinski definition) is 2. The minimum Gasteiger partial charge on any atom is -0.477 e. The molecule has 0 spiro atoms. The summed E-state index contributed by atoms with van der Waals surface area (Å²) in [4.78, 5) is 10.1. The van der Waals surface area contributed by atoms with E-state index in [9.17, 15) is 13.6 Å². The van der Waals surface area contributed by atoms with E-state index in [2.05, 4.69) is 0 Å². The average molecular weight is 180 g/mol. The van der Waals surface area contributed by atoms with Gasteiger partial charge in [0.1, 0.15) is 0 Å². The van der Waals surface area contributed by atoms with E-state index in [1.165, 1.54) is 0 Å². The lowest BCUT2D eigenvalue weighted by atomic mass is 9.95. The van der Waals surface area contributed by atoms with Crippen LogP contribution < -0.4 is 0 Å². The molecule has 5 heteroatoms. The molecule has 0 aromatic heterocycles. The molecule has 0 aromatic rings. The molecule has 70 valence electrons. The van der Waals surface area contributed by atoms with Crippen LogP contribution in [0.25, 0.3) is 0 Å². The Labute approximate surface area is 68.3 Å². The van der Waals surface area contributed by atoms with Crippen LogP contribution in [0.15, 0.2) is 0 Å². The Morgan fingerprint density at radius 2 is 2.25 bits per heavy atom. The van der Waals surface area contributed by atoms with Gasteiger partial charge in [0.2, 0.25) is 0 Å². The van der Waals surface area contributed by atoms with E-state index in [1.807, 2.05) is 0 Å². The van der Waals surface area contributed by atoms with Gasteiger partial charge in [0.15, 0.2) is 0 Å². The Bertz CT molecular complexity index is 175. The van der Waals surface area contributed by atoms with Crippen molar-refractivity contribution in [2.24, 2.45) is 5.92 Å². The Hall–Kier alpha value is -0.710. The molecule has 1 fully saturated rings. The summed E-state index contributed by atoms with van der Waals surface area (Å²) in [6.45, 7) is 0.297. The van der Waals surface area contributed by atoms with Crippen LogP contribution in [0.3, 0.4) is 0 Å². The standard InChI is InChI=1S/C7H10F2O3/c8-7(9,6(10)11)5-2-1-3-12-4-5/h5H,1-4H2,(H,10,11). The first kappa shape index (κ1) is 9.38. The first-order chi connectivity index (χ1) is 5.55. The lowest BCUT2D eigenvalue weighted by Crippen LogP contribution is -2.41. The van der Waals surface area contributed by atoms with Gasteiger partial charge >= 0.3 is 11.9 Å². The first-order valence-electron chi connectivity index (χ1n) is 3.74. The number of hydrogen-bond donors (Lipinski definition) is 1. The summed E-state index contributed by atoms with van der Waals surface area (Å²) in [5, 5.41) is 8.19. The summed E-state index contributed by atoms with van der Waals surface area (Å²) in [5.74, 6) is -6.86. The maximum atomic E-state index is 12.8. The summed E-state index contributed by atoms with van der Waals surface area (Å²) in [7, 11) is 0. The fraction of sp³-hybridized carbons (Fsp3) is 0.857. The van der Waals surface area contributed by atoms with E-state index in [1.54, 1.807) is 0 Å². The van der Waals surface area contributed by atoms with Gasteiger partial charge in [-0.1, -0.05) is 0 Å². The van der Waals surface area contributed by atoms with Gasteiger partial charge in [0.05, 0.1) is 12.5 Å². The van der Waals surface area contributed by atoms with Crippen molar-refractivity contribution < 1.29 is 23.4 Å². The molecule has 0 amide bonds. The first-order valence-corrected chi connectivity index (χ1v) is 3.74. The van der Waals surface area contributed by atoms with Gasteiger partial charge in [-0.2, -0.15) is 8.78 Å². The normalized spacial score (nSPS) is 25.3. The van der Waals surface area contributed by atoms with E-state index in [0.717, 1.165) is 0 Å². The van der Waals surface area contributed by atoms with E-state index in [0.29, 0.717) is 13.0 Å². The lowest BCUT2D eigenvalue weighted by molar-refractivity contribution is -0.180. The van der Waals surface area contributed by atoms with Crippen LogP contribution in [0.4, 0.5) is 8.78 Å². The number of carbonyl (C=O) groups is 1. The molecule has 1 rings (SSSR count). The van der Waals surface area contributed by atoms with Crippen LogP contribution in [-0.2, 0) is 9.53 Å². The predicted octanol–water partition coefficient (Wildman–Crippen LogP) is 1.13.